The summed E-state index contributed by atoms with van der Waals surface area (Å²) in [6.45, 7) is 0. The Kier molecular flexibility index (Phi) is 4.24. The summed E-state index contributed by atoms with van der Waals surface area (Å²) >= 11 is 9.68. The van der Waals surface area contributed by atoms with Crippen molar-refractivity contribution in [2.45, 2.75) is 17.8 Å². The van der Waals surface area contributed by atoms with Crippen LogP contribution in [0.2, 0.25) is 5.02 Å². The summed E-state index contributed by atoms with van der Waals surface area (Å²) < 4.78 is 23.1. The van der Waals surface area contributed by atoms with Crippen LogP contribution in [0.25, 0.3) is 0 Å². The van der Waals surface area contributed by atoms with Crippen molar-refractivity contribution in [3.8, 4) is 0 Å². The van der Waals surface area contributed by atoms with Gasteiger partial charge in [0.05, 0.1) is 22.2 Å². The number of nitrogens with zero attached hydrogens (tertiary/aromatic N) is 1. The number of hydrogen-bond acceptors (Lipinski definition) is 3. The van der Waals surface area contributed by atoms with Crippen molar-refractivity contribution in [3.63, 3.8) is 0 Å². The van der Waals surface area contributed by atoms with E-state index in [-0.39, 0.29) is 17.5 Å². The molecule has 1 aromatic rings. The van der Waals surface area contributed by atoms with E-state index in [0.717, 1.165) is 11.3 Å². The van der Waals surface area contributed by atoms with Gasteiger partial charge in [-0.05, 0) is 18.1 Å². The van der Waals surface area contributed by atoms with E-state index in [0.29, 0.717) is 16.8 Å². The van der Waals surface area contributed by atoms with Crippen molar-refractivity contribution >= 4 is 43.1 Å². The summed E-state index contributed by atoms with van der Waals surface area (Å²) in [7, 11) is -0.962. The monoisotopic (exact) mass is 351 g/mol. The van der Waals surface area contributed by atoms with E-state index in [2.05, 4.69) is 15.9 Å². The Morgan fingerprint density at radius 1 is 1.50 bits per heavy atom. The van der Waals surface area contributed by atoms with Crippen LogP contribution in [0.1, 0.15) is 12.0 Å². The third kappa shape index (κ3) is 2.83. The lowest BCUT2D eigenvalue weighted by Gasteiger charge is -2.28. The smallest absolute Gasteiger partial charge is 0.152 e. The zero-order chi connectivity index (χ0) is 13.3. The summed E-state index contributed by atoms with van der Waals surface area (Å²) in [6, 6.07) is 5.76. The van der Waals surface area contributed by atoms with Crippen molar-refractivity contribution in [1.82, 2.24) is 0 Å². The van der Waals surface area contributed by atoms with Crippen LogP contribution >= 0.6 is 27.5 Å². The molecule has 1 heterocycles. The number of hydrogen-bond donors (Lipinski definition) is 0. The molecular weight excluding hydrogens is 338 g/mol. The number of benzene rings is 1. The summed E-state index contributed by atoms with van der Waals surface area (Å²) in [6.07, 6.45) is 0.672. The van der Waals surface area contributed by atoms with Crippen LogP contribution in [0.15, 0.2) is 18.2 Å². The highest BCUT2D eigenvalue weighted by Gasteiger charge is 2.32. The van der Waals surface area contributed by atoms with Crippen molar-refractivity contribution in [2.75, 3.05) is 23.5 Å². The molecule has 18 heavy (non-hydrogen) atoms. The standard InChI is InChI=1S/C12H15BrClNO2S/c1-15(10-5-6-18(16,17)8-10)12-9(7-13)3-2-4-11(12)14/h2-4,10H,5-8H2,1H3. The lowest BCUT2D eigenvalue weighted by Crippen LogP contribution is -2.33. The molecule has 0 amide bonds. The second-order valence-electron chi connectivity index (χ2n) is 4.55. The molecule has 1 aliphatic rings. The van der Waals surface area contributed by atoms with Crippen LogP contribution in [0, 0.1) is 0 Å². The van der Waals surface area contributed by atoms with Crippen LogP contribution in [0.5, 0.6) is 0 Å². The molecule has 1 fully saturated rings. The Morgan fingerprint density at radius 2 is 2.22 bits per heavy atom. The highest BCUT2D eigenvalue weighted by molar-refractivity contribution is 9.08. The van der Waals surface area contributed by atoms with Gasteiger partial charge in [-0.15, -0.1) is 0 Å². The fraction of sp³-hybridized carbons (Fsp3) is 0.500. The Hall–Kier alpha value is -0.260. The topological polar surface area (TPSA) is 37.4 Å². The molecule has 1 unspecified atom stereocenters. The minimum atomic E-state index is -2.88. The van der Waals surface area contributed by atoms with Crippen LogP contribution in [0.4, 0.5) is 5.69 Å². The van der Waals surface area contributed by atoms with Gasteiger partial charge in [0.25, 0.3) is 0 Å². The second-order valence-corrected chi connectivity index (χ2v) is 7.75. The van der Waals surface area contributed by atoms with Crippen molar-refractivity contribution in [3.05, 3.63) is 28.8 Å². The van der Waals surface area contributed by atoms with Gasteiger partial charge >= 0.3 is 0 Å². The first-order chi connectivity index (χ1) is 8.44. The first-order valence-corrected chi connectivity index (χ1v) is 9.03. The molecule has 1 aliphatic heterocycles. The third-order valence-corrected chi connectivity index (χ3v) is 5.98. The number of rotatable bonds is 3. The van der Waals surface area contributed by atoms with E-state index in [1.54, 1.807) is 0 Å². The molecule has 1 saturated heterocycles. The van der Waals surface area contributed by atoms with Crippen LogP contribution in [-0.4, -0.2) is 33.0 Å². The van der Waals surface area contributed by atoms with Gasteiger partial charge < -0.3 is 4.90 Å². The van der Waals surface area contributed by atoms with Gasteiger partial charge in [0, 0.05) is 18.4 Å². The molecule has 0 spiro atoms. The number of para-hydroxylation sites is 1. The quantitative estimate of drug-likeness (QED) is 0.785. The minimum Gasteiger partial charge on any atom is -0.369 e. The maximum absolute atomic E-state index is 11.5. The van der Waals surface area contributed by atoms with Crippen molar-refractivity contribution in [2.24, 2.45) is 0 Å². The van der Waals surface area contributed by atoms with Gasteiger partial charge in [-0.25, -0.2) is 8.42 Å². The highest BCUT2D eigenvalue weighted by atomic mass is 79.9. The lowest BCUT2D eigenvalue weighted by atomic mass is 10.1. The molecule has 0 radical (unpaired) electrons. The van der Waals surface area contributed by atoms with Gasteiger partial charge in [0.1, 0.15) is 0 Å². The Bertz CT molecular complexity index is 547. The molecule has 1 atom stereocenters. The lowest BCUT2D eigenvalue weighted by molar-refractivity contribution is 0.601. The average molecular weight is 353 g/mol. The summed E-state index contributed by atoms with van der Waals surface area (Å²) in [4.78, 5) is 2.00. The maximum Gasteiger partial charge on any atom is 0.152 e. The third-order valence-electron chi connectivity index (χ3n) is 3.32. The minimum absolute atomic E-state index is 0.0210. The van der Waals surface area contributed by atoms with Crippen molar-refractivity contribution < 1.29 is 8.42 Å². The van der Waals surface area contributed by atoms with Crippen LogP contribution in [0.3, 0.4) is 0 Å². The number of alkyl halides is 1. The molecule has 0 aromatic heterocycles. The molecule has 100 valence electrons. The zero-order valence-electron chi connectivity index (χ0n) is 10.1. The molecule has 3 nitrogen and oxygen atoms in total. The van der Waals surface area contributed by atoms with Crippen LogP contribution in [-0.2, 0) is 15.2 Å². The van der Waals surface area contributed by atoms with Gasteiger partial charge in [0.15, 0.2) is 9.84 Å². The van der Waals surface area contributed by atoms with E-state index in [1.807, 2.05) is 30.1 Å². The second kappa shape index (κ2) is 5.39. The first kappa shape index (κ1) is 14.2. The van der Waals surface area contributed by atoms with Gasteiger partial charge in [0.2, 0.25) is 0 Å². The molecule has 0 saturated carbocycles. The summed E-state index contributed by atoms with van der Waals surface area (Å²) in [5.41, 5.74) is 2.01. The average Bonchev–Trinajstić information content (AvgIpc) is 2.68. The van der Waals surface area contributed by atoms with E-state index >= 15 is 0 Å². The molecule has 0 aliphatic carbocycles. The maximum atomic E-state index is 11.5. The Balaban J connectivity index is 2.32. The molecule has 2 rings (SSSR count). The molecule has 6 heteroatoms. The predicted octanol–water partition coefficient (Wildman–Crippen LogP) is 2.86. The summed E-state index contributed by atoms with van der Waals surface area (Å²) in [5.74, 6) is 0.493. The Morgan fingerprint density at radius 3 is 2.78 bits per heavy atom. The predicted molar refractivity (Wildman–Crippen MR) is 79.5 cm³/mol. The van der Waals surface area contributed by atoms with Crippen LogP contribution < -0.4 is 4.90 Å². The molecule has 1 aromatic carbocycles. The fourth-order valence-corrected chi connectivity index (χ4v) is 4.88. The largest absolute Gasteiger partial charge is 0.369 e. The Labute approximate surface area is 121 Å². The summed E-state index contributed by atoms with van der Waals surface area (Å²) in [5, 5.41) is 1.37. The van der Waals surface area contributed by atoms with Gasteiger partial charge in [-0.3, -0.25) is 0 Å². The van der Waals surface area contributed by atoms with E-state index < -0.39 is 9.84 Å². The van der Waals surface area contributed by atoms with Crippen molar-refractivity contribution in [1.29, 1.82) is 0 Å². The number of anilines is 1. The van der Waals surface area contributed by atoms with E-state index in [9.17, 15) is 8.42 Å². The van der Waals surface area contributed by atoms with E-state index in [1.165, 1.54) is 0 Å². The molecule has 0 bridgehead atoms. The molecule has 0 N–H and O–H groups in total. The molecular formula is C12H15BrClNO2S. The number of sulfone groups is 1. The van der Waals surface area contributed by atoms with Gasteiger partial charge in [-0.2, -0.15) is 0 Å². The SMILES string of the molecule is CN(c1c(Cl)cccc1CBr)C1CCS(=O)(=O)C1. The van der Waals surface area contributed by atoms with Gasteiger partial charge in [-0.1, -0.05) is 39.7 Å². The zero-order valence-corrected chi connectivity index (χ0v) is 13.2. The number of halogens is 2. The fourth-order valence-electron chi connectivity index (χ4n) is 2.33. The highest BCUT2D eigenvalue weighted by Crippen LogP contribution is 2.33. The normalized spacial score (nSPS) is 22.1. The van der Waals surface area contributed by atoms with E-state index in [4.69, 9.17) is 11.6 Å². The first-order valence-electron chi connectivity index (χ1n) is 5.71.